The lowest BCUT2D eigenvalue weighted by molar-refractivity contribution is 0.0954. The molecule has 2 aromatic carbocycles. The van der Waals surface area contributed by atoms with Crippen LogP contribution in [0.25, 0.3) is 11.3 Å². The Labute approximate surface area is 156 Å². The summed E-state index contributed by atoms with van der Waals surface area (Å²) in [6, 6.07) is 20.3. The van der Waals surface area contributed by atoms with E-state index in [9.17, 15) is 18.0 Å². The number of aromatic amines is 1. The Morgan fingerprint density at radius 3 is 2.15 bits per heavy atom. The molecule has 0 unspecified atom stereocenters. The Kier molecular flexibility index (Phi) is 5.52. The van der Waals surface area contributed by atoms with Gasteiger partial charge in [-0.3, -0.25) is 9.59 Å². The molecule has 0 saturated carbocycles. The minimum absolute atomic E-state index is 0.0632. The number of nitrogens with one attached hydrogen (secondary N) is 2. The van der Waals surface area contributed by atoms with E-state index in [1.165, 1.54) is 18.2 Å². The van der Waals surface area contributed by atoms with Gasteiger partial charge in [0, 0.05) is 12.2 Å². The number of carbonyl (C=O) groups excluding carboxylic acids is 1. The summed E-state index contributed by atoms with van der Waals surface area (Å²) in [4.78, 5) is 27.3. The van der Waals surface area contributed by atoms with Crippen molar-refractivity contribution in [3.63, 3.8) is 0 Å². The van der Waals surface area contributed by atoms with Crippen molar-refractivity contribution in [1.82, 2.24) is 10.3 Å². The molecule has 3 rings (SSSR count). The lowest BCUT2D eigenvalue weighted by Gasteiger charge is -2.07. The fourth-order valence-electron chi connectivity index (χ4n) is 2.58. The van der Waals surface area contributed by atoms with Gasteiger partial charge in [-0.1, -0.05) is 48.5 Å². The number of carbonyl (C=O) groups is 1. The van der Waals surface area contributed by atoms with Gasteiger partial charge in [0.15, 0.2) is 9.84 Å². The van der Waals surface area contributed by atoms with Gasteiger partial charge in [-0.2, -0.15) is 0 Å². The highest BCUT2D eigenvalue weighted by molar-refractivity contribution is 7.91. The molecular formula is C20H18N2O4S. The lowest BCUT2D eigenvalue weighted by Crippen LogP contribution is -2.33. The molecule has 1 heterocycles. The van der Waals surface area contributed by atoms with E-state index in [-0.39, 0.29) is 22.8 Å². The minimum Gasteiger partial charge on any atom is -0.351 e. The van der Waals surface area contributed by atoms with Crippen LogP contribution in [0, 0.1) is 0 Å². The summed E-state index contributed by atoms with van der Waals surface area (Å²) in [5, 5.41) is 2.49. The van der Waals surface area contributed by atoms with Crippen LogP contribution in [0.15, 0.2) is 82.5 Å². The maximum absolute atomic E-state index is 12.2. The lowest BCUT2D eigenvalue weighted by atomic mass is 10.1. The molecule has 1 aromatic heterocycles. The second kappa shape index (κ2) is 8.01. The molecule has 0 aliphatic carbocycles. The Balaban J connectivity index is 1.66. The summed E-state index contributed by atoms with van der Waals surface area (Å²) in [5.74, 6) is -0.859. The zero-order valence-electron chi connectivity index (χ0n) is 14.4. The maximum Gasteiger partial charge on any atom is 0.261 e. The van der Waals surface area contributed by atoms with E-state index in [2.05, 4.69) is 10.3 Å². The molecule has 6 nitrogen and oxygen atoms in total. The van der Waals surface area contributed by atoms with Crippen LogP contribution >= 0.6 is 0 Å². The molecule has 0 radical (unpaired) electrons. The normalized spacial score (nSPS) is 11.1. The van der Waals surface area contributed by atoms with Gasteiger partial charge in [0.1, 0.15) is 5.56 Å². The van der Waals surface area contributed by atoms with Crippen LogP contribution in [-0.2, 0) is 9.84 Å². The molecule has 1 amide bonds. The average molecular weight is 382 g/mol. The number of pyridine rings is 1. The molecule has 27 heavy (non-hydrogen) atoms. The number of sulfone groups is 1. The van der Waals surface area contributed by atoms with Crippen molar-refractivity contribution in [2.24, 2.45) is 0 Å². The van der Waals surface area contributed by atoms with Crippen molar-refractivity contribution in [3.8, 4) is 11.3 Å². The van der Waals surface area contributed by atoms with Crippen LogP contribution in [0.5, 0.6) is 0 Å². The number of aromatic nitrogens is 1. The summed E-state index contributed by atoms with van der Waals surface area (Å²) < 4.78 is 24.4. The second-order valence-corrected chi connectivity index (χ2v) is 7.98. The standard InChI is InChI=1S/C20H18N2O4S/c23-19(21-13-14-27(25,26)16-9-5-2-6-10-16)17-11-12-18(22-20(17)24)15-7-3-1-4-8-15/h1-12H,13-14H2,(H,21,23)(H,22,24). The first-order chi connectivity index (χ1) is 13.0. The van der Waals surface area contributed by atoms with Crippen molar-refractivity contribution < 1.29 is 13.2 Å². The van der Waals surface area contributed by atoms with Crippen LogP contribution in [-0.4, -0.2) is 31.6 Å². The molecule has 0 aliphatic rings. The van der Waals surface area contributed by atoms with E-state index in [4.69, 9.17) is 0 Å². The van der Waals surface area contributed by atoms with E-state index < -0.39 is 21.3 Å². The van der Waals surface area contributed by atoms with E-state index in [1.54, 1.807) is 24.3 Å². The van der Waals surface area contributed by atoms with Gasteiger partial charge in [-0.25, -0.2) is 8.42 Å². The van der Waals surface area contributed by atoms with Crippen molar-refractivity contribution >= 4 is 15.7 Å². The topological polar surface area (TPSA) is 96.1 Å². The van der Waals surface area contributed by atoms with E-state index in [0.29, 0.717) is 5.69 Å². The van der Waals surface area contributed by atoms with Crippen LogP contribution in [0.1, 0.15) is 10.4 Å². The largest absolute Gasteiger partial charge is 0.351 e. The first-order valence-electron chi connectivity index (χ1n) is 8.32. The van der Waals surface area contributed by atoms with Gasteiger partial charge >= 0.3 is 0 Å². The quantitative estimate of drug-likeness (QED) is 0.683. The summed E-state index contributed by atoms with van der Waals surface area (Å²) in [6.45, 7) is -0.0874. The number of hydrogen-bond donors (Lipinski definition) is 2. The Bertz CT molecular complexity index is 1090. The molecule has 0 spiro atoms. The van der Waals surface area contributed by atoms with Crippen LogP contribution < -0.4 is 10.9 Å². The van der Waals surface area contributed by atoms with Gasteiger partial charge in [0.05, 0.1) is 10.6 Å². The zero-order valence-corrected chi connectivity index (χ0v) is 15.2. The summed E-state index contributed by atoms with van der Waals surface area (Å²) in [5.41, 5.74) is 0.839. The van der Waals surface area contributed by atoms with Crippen molar-refractivity contribution in [1.29, 1.82) is 0 Å². The van der Waals surface area contributed by atoms with Crippen molar-refractivity contribution in [3.05, 3.63) is 88.7 Å². The first-order valence-corrected chi connectivity index (χ1v) is 9.97. The molecule has 3 aromatic rings. The molecule has 0 fully saturated rings. The highest BCUT2D eigenvalue weighted by Crippen LogP contribution is 2.14. The van der Waals surface area contributed by atoms with E-state index in [1.807, 2.05) is 30.3 Å². The molecule has 7 heteroatoms. The van der Waals surface area contributed by atoms with Gasteiger partial charge in [0.25, 0.3) is 11.5 Å². The van der Waals surface area contributed by atoms with Gasteiger partial charge < -0.3 is 10.3 Å². The molecule has 0 saturated heterocycles. The van der Waals surface area contributed by atoms with E-state index in [0.717, 1.165) is 5.56 Å². The van der Waals surface area contributed by atoms with Crippen molar-refractivity contribution in [2.75, 3.05) is 12.3 Å². The minimum atomic E-state index is -3.49. The Morgan fingerprint density at radius 2 is 1.52 bits per heavy atom. The SMILES string of the molecule is O=C(NCCS(=O)(=O)c1ccccc1)c1ccc(-c2ccccc2)[nH]c1=O. The molecular weight excluding hydrogens is 364 g/mol. The van der Waals surface area contributed by atoms with Gasteiger partial charge in [-0.05, 0) is 29.8 Å². The Morgan fingerprint density at radius 1 is 0.889 bits per heavy atom. The molecule has 0 atom stereocenters. The number of benzene rings is 2. The van der Waals surface area contributed by atoms with Gasteiger partial charge in [-0.15, -0.1) is 0 Å². The number of H-pyrrole nitrogens is 1. The summed E-state index contributed by atoms with van der Waals surface area (Å²) >= 11 is 0. The zero-order chi connectivity index (χ0) is 19.3. The number of hydrogen-bond acceptors (Lipinski definition) is 4. The molecule has 2 N–H and O–H groups in total. The first kappa shape index (κ1) is 18.6. The molecule has 0 aliphatic heterocycles. The molecule has 0 bridgehead atoms. The average Bonchev–Trinajstić information content (AvgIpc) is 2.69. The number of amides is 1. The molecule has 138 valence electrons. The smallest absolute Gasteiger partial charge is 0.261 e. The third kappa shape index (κ3) is 4.51. The summed E-state index contributed by atoms with van der Waals surface area (Å²) in [6.07, 6.45) is 0. The fourth-order valence-corrected chi connectivity index (χ4v) is 3.76. The monoisotopic (exact) mass is 382 g/mol. The van der Waals surface area contributed by atoms with Crippen LogP contribution in [0.2, 0.25) is 0 Å². The predicted octanol–water partition coefficient (Wildman–Crippen LogP) is 2.25. The predicted molar refractivity (Wildman–Crippen MR) is 103 cm³/mol. The second-order valence-electron chi connectivity index (χ2n) is 5.87. The Hall–Kier alpha value is -3.19. The number of rotatable bonds is 6. The third-order valence-corrected chi connectivity index (χ3v) is 5.73. The maximum atomic E-state index is 12.2. The van der Waals surface area contributed by atoms with Gasteiger partial charge in [0.2, 0.25) is 0 Å². The van der Waals surface area contributed by atoms with E-state index >= 15 is 0 Å². The fraction of sp³-hybridized carbons (Fsp3) is 0.100. The highest BCUT2D eigenvalue weighted by atomic mass is 32.2. The van der Waals surface area contributed by atoms with Crippen LogP contribution in [0.4, 0.5) is 0 Å². The van der Waals surface area contributed by atoms with Crippen LogP contribution in [0.3, 0.4) is 0 Å². The highest BCUT2D eigenvalue weighted by Gasteiger charge is 2.16. The van der Waals surface area contributed by atoms with Crippen molar-refractivity contribution in [2.45, 2.75) is 4.90 Å². The summed E-state index contributed by atoms with van der Waals surface area (Å²) in [7, 11) is -3.49. The third-order valence-electron chi connectivity index (χ3n) is 4.00.